The van der Waals surface area contributed by atoms with Crippen molar-refractivity contribution in [3.63, 3.8) is 0 Å². The van der Waals surface area contributed by atoms with Crippen molar-refractivity contribution < 1.29 is 0 Å². The summed E-state index contributed by atoms with van der Waals surface area (Å²) in [6.07, 6.45) is 5.81. The van der Waals surface area contributed by atoms with E-state index in [9.17, 15) is 0 Å². The average Bonchev–Trinajstić information content (AvgIpc) is 2.33. The first-order valence-corrected chi connectivity index (χ1v) is 7.24. The Kier molecular flexibility index (Phi) is 3.76. The van der Waals surface area contributed by atoms with Gasteiger partial charge in [0.2, 0.25) is 0 Å². The van der Waals surface area contributed by atoms with Gasteiger partial charge in [-0.15, -0.1) is 0 Å². The first kappa shape index (κ1) is 12.9. The van der Waals surface area contributed by atoms with Crippen molar-refractivity contribution in [3.8, 4) is 0 Å². The van der Waals surface area contributed by atoms with Crippen molar-refractivity contribution in [1.82, 2.24) is 0 Å². The normalized spacial score (nSPS) is 24.5. The van der Waals surface area contributed by atoms with Crippen LogP contribution in [0.5, 0.6) is 0 Å². The van der Waals surface area contributed by atoms with E-state index in [-0.39, 0.29) is 0 Å². The largest absolute Gasteiger partial charge is 0.0769 e. The summed E-state index contributed by atoms with van der Waals surface area (Å²) < 4.78 is 1.38. The molecule has 0 aliphatic heterocycles. The number of rotatable bonds is 2. The second-order valence-corrected chi connectivity index (χ2v) is 6.53. The van der Waals surface area contributed by atoms with Crippen molar-refractivity contribution in [2.24, 2.45) is 11.3 Å². The minimum absolute atomic E-state index is 0.292. The Labute approximate surface area is 118 Å². The molecule has 0 fully saturated rings. The van der Waals surface area contributed by atoms with Crippen molar-refractivity contribution in [1.29, 1.82) is 0 Å². The van der Waals surface area contributed by atoms with Crippen molar-refractivity contribution in [2.45, 2.75) is 27.2 Å². The highest BCUT2D eigenvalue weighted by molar-refractivity contribution is 14.1. The van der Waals surface area contributed by atoms with Crippen LogP contribution in [-0.4, -0.2) is 0 Å². The third kappa shape index (κ3) is 2.65. The first-order chi connectivity index (χ1) is 8.03. The smallest absolute Gasteiger partial charge is 0.0165 e. The third-order valence-electron chi connectivity index (χ3n) is 3.90. The Morgan fingerprint density at radius 1 is 1.18 bits per heavy atom. The van der Waals surface area contributed by atoms with Gasteiger partial charge in [0, 0.05) is 3.58 Å². The van der Waals surface area contributed by atoms with E-state index >= 15 is 0 Å². The highest BCUT2D eigenvalue weighted by atomic mass is 127. The molecule has 0 saturated heterocycles. The van der Waals surface area contributed by atoms with Gasteiger partial charge in [-0.05, 0) is 51.5 Å². The van der Waals surface area contributed by atoms with E-state index in [1.165, 1.54) is 14.7 Å². The molecule has 2 rings (SSSR count). The van der Waals surface area contributed by atoms with Crippen molar-refractivity contribution in [3.05, 3.63) is 51.6 Å². The molecule has 0 radical (unpaired) electrons. The van der Waals surface area contributed by atoms with Gasteiger partial charge in [-0.2, -0.15) is 0 Å². The van der Waals surface area contributed by atoms with Crippen LogP contribution < -0.4 is 0 Å². The molecule has 0 heterocycles. The highest BCUT2D eigenvalue weighted by Gasteiger charge is 2.30. The van der Waals surface area contributed by atoms with Gasteiger partial charge in [0.25, 0.3) is 0 Å². The fraction of sp³-hybridized carbons (Fsp3) is 0.375. The molecule has 0 aromatic heterocycles. The number of hydrogen-bond acceptors (Lipinski definition) is 0. The molecular weight excluding hydrogens is 319 g/mol. The third-order valence-corrected chi connectivity index (χ3v) is 4.91. The molecule has 1 aromatic carbocycles. The van der Waals surface area contributed by atoms with Crippen LogP contribution >= 0.6 is 22.6 Å². The van der Waals surface area contributed by atoms with Crippen LogP contribution in [0, 0.1) is 11.3 Å². The van der Waals surface area contributed by atoms with E-state index in [1.807, 2.05) is 0 Å². The molecule has 0 N–H and O–H groups in total. The maximum Gasteiger partial charge on any atom is 0.0165 e. The molecule has 17 heavy (non-hydrogen) atoms. The number of benzene rings is 1. The van der Waals surface area contributed by atoms with Gasteiger partial charge in [-0.25, -0.2) is 0 Å². The monoisotopic (exact) mass is 338 g/mol. The van der Waals surface area contributed by atoms with Crippen LogP contribution in [0.15, 0.2) is 46.1 Å². The zero-order valence-corrected chi connectivity index (χ0v) is 12.9. The molecule has 1 atom stereocenters. The lowest BCUT2D eigenvalue weighted by atomic mass is 9.71. The Bertz CT molecular complexity index is 454. The summed E-state index contributed by atoms with van der Waals surface area (Å²) in [4.78, 5) is 0. The van der Waals surface area contributed by atoms with Crippen LogP contribution in [0.25, 0.3) is 5.57 Å². The van der Waals surface area contributed by atoms with Crippen LogP contribution in [0.3, 0.4) is 0 Å². The van der Waals surface area contributed by atoms with E-state index < -0.39 is 0 Å². The fourth-order valence-electron chi connectivity index (χ4n) is 2.16. The van der Waals surface area contributed by atoms with Gasteiger partial charge >= 0.3 is 0 Å². The molecule has 0 nitrogen and oxygen atoms in total. The van der Waals surface area contributed by atoms with Gasteiger partial charge in [0.1, 0.15) is 0 Å². The first-order valence-electron chi connectivity index (χ1n) is 6.16. The summed E-state index contributed by atoms with van der Waals surface area (Å²) in [7, 11) is 0. The maximum absolute atomic E-state index is 2.46. The predicted octanol–water partition coefficient (Wildman–Crippen LogP) is 5.45. The summed E-state index contributed by atoms with van der Waals surface area (Å²) >= 11 is 2.46. The Morgan fingerprint density at radius 3 is 2.41 bits per heavy atom. The van der Waals surface area contributed by atoms with E-state index in [4.69, 9.17) is 0 Å². The zero-order valence-electron chi connectivity index (χ0n) is 10.7. The lowest BCUT2D eigenvalue weighted by molar-refractivity contribution is 0.304. The highest BCUT2D eigenvalue weighted by Crippen LogP contribution is 2.44. The standard InChI is InChI=1S/C16H19I/c1-12(2)16(3)10-9-15(17)14(11-16)13-7-5-4-6-8-13/h4-10,12H,11H2,1-3H3. The molecule has 1 aromatic rings. The van der Waals surface area contributed by atoms with Gasteiger partial charge in [0.05, 0.1) is 0 Å². The average molecular weight is 338 g/mol. The fourth-order valence-corrected chi connectivity index (χ4v) is 2.85. The molecule has 0 spiro atoms. The molecule has 1 aliphatic rings. The second kappa shape index (κ2) is 4.97. The maximum atomic E-state index is 2.46. The summed E-state index contributed by atoms with van der Waals surface area (Å²) in [5, 5.41) is 0. The molecule has 0 saturated carbocycles. The topological polar surface area (TPSA) is 0 Å². The molecule has 1 heteroatoms. The molecular formula is C16H19I. The van der Waals surface area contributed by atoms with Gasteiger partial charge < -0.3 is 0 Å². The zero-order chi connectivity index (χ0) is 12.5. The van der Waals surface area contributed by atoms with Gasteiger partial charge in [0.15, 0.2) is 0 Å². The van der Waals surface area contributed by atoms with Crippen molar-refractivity contribution in [2.75, 3.05) is 0 Å². The predicted molar refractivity (Wildman–Crippen MR) is 84.1 cm³/mol. The molecule has 0 bridgehead atoms. The summed E-state index contributed by atoms with van der Waals surface area (Å²) in [5.41, 5.74) is 3.15. The van der Waals surface area contributed by atoms with E-state index in [2.05, 4.69) is 85.8 Å². The van der Waals surface area contributed by atoms with E-state index in [0.717, 1.165) is 6.42 Å². The minimum atomic E-state index is 0.292. The summed E-state index contributed by atoms with van der Waals surface area (Å²) in [6.45, 7) is 6.98. The number of halogens is 1. The lowest BCUT2D eigenvalue weighted by Crippen LogP contribution is -2.23. The quantitative estimate of drug-likeness (QED) is 0.629. The van der Waals surface area contributed by atoms with Crippen molar-refractivity contribution >= 4 is 28.2 Å². The minimum Gasteiger partial charge on any atom is -0.0769 e. The van der Waals surface area contributed by atoms with Crippen LogP contribution in [-0.2, 0) is 0 Å². The van der Waals surface area contributed by atoms with Gasteiger partial charge in [-0.1, -0.05) is 63.3 Å². The van der Waals surface area contributed by atoms with E-state index in [1.54, 1.807) is 0 Å². The van der Waals surface area contributed by atoms with Gasteiger partial charge in [-0.3, -0.25) is 0 Å². The molecule has 0 amide bonds. The SMILES string of the molecule is CC(C)C1(C)C=CC(I)=C(c2ccccc2)C1. The summed E-state index contributed by atoms with van der Waals surface area (Å²) in [6, 6.07) is 10.8. The molecule has 90 valence electrons. The Morgan fingerprint density at radius 2 is 1.82 bits per heavy atom. The molecule has 1 aliphatic carbocycles. The van der Waals surface area contributed by atoms with Crippen LogP contribution in [0.4, 0.5) is 0 Å². The Balaban J connectivity index is 2.38. The number of allylic oxidation sites excluding steroid dienone is 4. The summed E-state index contributed by atoms with van der Waals surface area (Å²) in [5.74, 6) is 0.668. The lowest BCUT2D eigenvalue weighted by Gasteiger charge is -2.35. The second-order valence-electron chi connectivity index (χ2n) is 5.36. The number of hydrogen-bond donors (Lipinski definition) is 0. The van der Waals surface area contributed by atoms with E-state index in [0.29, 0.717) is 11.3 Å². The Hall–Kier alpha value is -0.570. The van der Waals surface area contributed by atoms with Crippen LogP contribution in [0.2, 0.25) is 0 Å². The van der Waals surface area contributed by atoms with Crippen LogP contribution in [0.1, 0.15) is 32.8 Å². The molecule has 1 unspecified atom stereocenters.